The van der Waals surface area contributed by atoms with E-state index in [1.165, 1.54) is 18.1 Å². The van der Waals surface area contributed by atoms with Crippen molar-refractivity contribution in [1.29, 1.82) is 0 Å². The van der Waals surface area contributed by atoms with Gasteiger partial charge in [0.25, 0.3) is 5.91 Å². The van der Waals surface area contributed by atoms with Crippen molar-refractivity contribution in [2.75, 3.05) is 30.1 Å². The smallest absolute Gasteiger partial charge is 0.274 e. The van der Waals surface area contributed by atoms with Crippen molar-refractivity contribution < 1.29 is 26.7 Å². The van der Waals surface area contributed by atoms with Crippen LogP contribution in [0.1, 0.15) is 0 Å². The van der Waals surface area contributed by atoms with Crippen molar-refractivity contribution in [3.05, 3.63) is 29.8 Å². The maximum atomic E-state index is 14.2. The number of halogens is 2. The highest BCUT2D eigenvalue weighted by Crippen LogP contribution is 2.41. The molecule has 0 N–H and O–H groups in total. The first-order valence-corrected chi connectivity index (χ1v) is 9.72. The molecule has 2 aliphatic heterocycles. The van der Waals surface area contributed by atoms with E-state index in [4.69, 9.17) is 4.74 Å². The van der Waals surface area contributed by atoms with Crippen LogP contribution in [0.15, 0.2) is 23.2 Å². The molecule has 2 heterocycles. The minimum absolute atomic E-state index is 0.00235. The van der Waals surface area contributed by atoms with Gasteiger partial charge in [0.05, 0.1) is 23.2 Å². The molecule has 1 amide bonds. The highest BCUT2D eigenvalue weighted by Gasteiger charge is 2.50. The number of rotatable bonds is 3. The van der Waals surface area contributed by atoms with Gasteiger partial charge < -0.3 is 9.64 Å². The van der Waals surface area contributed by atoms with Crippen molar-refractivity contribution >= 4 is 38.4 Å². The van der Waals surface area contributed by atoms with Crippen LogP contribution in [-0.2, 0) is 19.4 Å². The number of carbonyl (C=O) groups excluding carboxylic acids is 1. The highest BCUT2D eigenvalue weighted by atomic mass is 32.2. The second-order valence-corrected chi connectivity index (χ2v) is 8.85. The first-order valence-electron chi connectivity index (χ1n) is 7.02. The predicted molar refractivity (Wildman–Crippen MR) is 87.0 cm³/mol. The van der Waals surface area contributed by atoms with E-state index in [2.05, 4.69) is 4.99 Å². The van der Waals surface area contributed by atoms with E-state index in [1.807, 2.05) is 0 Å². The fraction of sp³-hybridized carbons (Fsp3) is 0.429. The number of ether oxygens (including phenoxy) is 1. The van der Waals surface area contributed by atoms with Crippen molar-refractivity contribution in [2.24, 2.45) is 4.99 Å². The van der Waals surface area contributed by atoms with Crippen LogP contribution in [0.4, 0.5) is 14.5 Å². The molecule has 3 rings (SSSR count). The summed E-state index contributed by atoms with van der Waals surface area (Å²) >= 11 is 1.11. The van der Waals surface area contributed by atoms with Crippen LogP contribution >= 0.6 is 11.8 Å². The van der Waals surface area contributed by atoms with Gasteiger partial charge in [-0.1, -0.05) is 11.8 Å². The fourth-order valence-electron chi connectivity index (χ4n) is 2.79. The molecule has 6 nitrogen and oxygen atoms in total. The lowest BCUT2D eigenvalue weighted by Gasteiger charge is -2.24. The number of hydrogen-bond acceptors (Lipinski definition) is 5. The van der Waals surface area contributed by atoms with E-state index in [-0.39, 0.29) is 34.2 Å². The van der Waals surface area contributed by atoms with Gasteiger partial charge in [-0.25, -0.2) is 17.2 Å². The summed E-state index contributed by atoms with van der Waals surface area (Å²) < 4.78 is 55.8. The van der Waals surface area contributed by atoms with Crippen LogP contribution < -0.4 is 4.90 Å². The third-order valence-electron chi connectivity index (χ3n) is 3.72. The Hall–Kier alpha value is -1.52. The number of amidine groups is 1. The molecule has 0 radical (unpaired) electrons. The van der Waals surface area contributed by atoms with Crippen molar-refractivity contribution in [2.45, 2.75) is 11.3 Å². The number of fused-ring (bicyclic) bond motifs is 1. The highest BCUT2D eigenvalue weighted by molar-refractivity contribution is 8.16. The summed E-state index contributed by atoms with van der Waals surface area (Å²) in [5.74, 6) is -2.38. The van der Waals surface area contributed by atoms with E-state index in [0.717, 1.165) is 17.8 Å². The fourth-order valence-corrected chi connectivity index (χ4v) is 6.71. The number of thioether (sulfide) groups is 1. The minimum Gasteiger partial charge on any atom is -0.375 e. The number of carbonyl (C=O) groups is 1. The number of aliphatic imine (C=N–C) groups is 1. The number of sulfone groups is 1. The summed E-state index contributed by atoms with van der Waals surface area (Å²) in [5, 5.41) is -0.152. The molecule has 24 heavy (non-hydrogen) atoms. The standard InChI is InChI=1S/C14H14F2N2O4S2/c1-22-5-13(19)17-14-18(10-3-2-8(15)4-9(10)16)11-6-24(20,21)7-12(11)23-14/h2-4,11-12H,5-7H2,1H3/t11-,12+/m1/s1. The molecule has 0 aliphatic carbocycles. The molecule has 1 aromatic carbocycles. The Bertz CT molecular complexity index is 813. The van der Waals surface area contributed by atoms with Gasteiger partial charge >= 0.3 is 0 Å². The molecule has 0 unspecified atom stereocenters. The average Bonchev–Trinajstić information content (AvgIpc) is 2.91. The SMILES string of the molecule is COCC(=O)N=C1S[C@H]2CS(=O)(=O)C[C@H]2N1c1ccc(F)cc1F. The van der Waals surface area contributed by atoms with Crippen LogP contribution in [0.5, 0.6) is 0 Å². The van der Waals surface area contributed by atoms with Crippen LogP contribution in [0.25, 0.3) is 0 Å². The molecule has 2 aliphatic rings. The number of nitrogens with zero attached hydrogens (tertiary/aromatic N) is 2. The normalized spacial score (nSPS) is 26.8. The Morgan fingerprint density at radius 2 is 2.17 bits per heavy atom. The van der Waals surface area contributed by atoms with E-state index in [0.29, 0.717) is 6.07 Å². The Morgan fingerprint density at radius 1 is 1.42 bits per heavy atom. The van der Waals surface area contributed by atoms with Crippen LogP contribution in [0, 0.1) is 11.6 Å². The molecular formula is C14H14F2N2O4S2. The third-order valence-corrected chi connectivity index (χ3v) is 6.93. The van der Waals surface area contributed by atoms with Crippen molar-refractivity contribution in [3.8, 4) is 0 Å². The van der Waals surface area contributed by atoms with Crippen LogP contribution in [0.3, 0.4) is 0 Å². The van der Waals surface area contributed by atoms with Crippen LogP contribution in [-0.4, -0.2) is 56.0 Å². The summed E-state index contributed by atoms with van der Waals surface area (Å²) in [6, 6.07) is 2.46. The molecule has 130 valence electrons. The number of anilines is 1. The summed E-state index contributed by atoms with van der Waals surface area (Å²) in [5.41, 5.74) is -0.00235. The largest absolute Gasteiger partial charge is 0.375 e. The first-order chi connectivity index (χ1) is 11.3. The van der Waals surface area contributed by atoms with Gasteiger partial charge in [0.1, 0.15) is 18.2 Å². The molecule has 1 aromatic rings. The van der Waals surface area contributed by atoms with E-state index in [9.17, 15) is 22.0 Å². The topological polar surface area (TPSA) is 76.0 Å². The Balaban J connectivity index is 2.03. The predicted octanol–water partition coefficient (Wildman–Crippen LogP) is 1.21. The minimum atomic E-state index is -3.25. The lowest BCUT2D eigenvalue weighted by atomic mass is 10.2. The lowest BCUT2D eigenvalue weighted by molar-refractivity contribution is -0.121. The third kappa shape index (κ3) is 3.31. The second-order valence-electron chi connectivity index (χ2n) is 5.49. The molecule has 10 heteroatoms. The molecule has 0 aromatic heterocycles. The van der Waals surface area contributed by atoms with E-state index < -0.39 is 33.4 Å². The zero-order valence-electron chi connectivity index (χ0n) is 12.6. The number of hydrogen-bond donors (Lipinski definition) is 0. The number of amides is 1. The van der Waals surface area contributed by atoms with E-state index in [1.54, 1.807) is 0 Å². The van der Waals surface area contributed by atoms with E-state index >= 15 is 0 Å². The van der Waals surface area contributed by atoms with Gasteiger partial charge in [-0.3, -0.25) is 4.79 Å². The molecule has 2 atom stereocenters. The van der Waals surface area contributed by atoms with Gasteiger partial charge in [0.15, 0.2) is 15.0 Å². The quantitative estimate of drug-likeness (QED) is 0.789. The number of methoxy groups -OCH3 is 1. The Morgan fingerprint density at radius 3 is 2.83 bits per heavy atom. The molecule has 2 fully saturated rings. The Kier molecular flexibility index (Phi) is 4.63. The van der Waals surface area contributed by atoms with Gasteiger partial charge in [-0.05, 0) is 12.1 Å². The maximum Gasteiger partial charge on any atom is 0.274 e. The van der Waals surface area contributed by atoms with Crippen LogP contribution in [0.2, 0.25) is 0 Å². The van der Waals surface area contributed by atoms with Gasteiger partial charge in [0.2, 0.25) is 0 Å². The zero-order valence-corrected chi connectivity index (χ0v) is 14.2. The van der Waals surface area contributed by atoms with Gasteiger partial charge in [0, 0.05) is 18.4 Å². The van der Waals surface area contributed by atoms with Gasteiger partial charge in [-0.15, -0.1) is 0 Å². The number of benzene rings is 1. The zero-order chi connectivity index (χ0) is 17.5. The molecular weight excluding hydrogens is 362 g/mol. The second kappa shape index (κ2) is 6.41. The summed E-state index contributed by atoms with van der Waals surface area (Å²) in [7, 11) is -1.91. The van der Waals surface area contributed by atoms with Gasteiger partial charge in [-0.2, -0.15) is 4.99 Å². The molecule has 0 spiro atoms. The molecule has 2 saturated heterocycles. The van der Waals surface area contributed by atoms with Crippen molar-refractivity contribution in [3.63, 3.8) is 0 Å². The van der Waals surface area contributed by atoms with Crippen molar-refractivity contribution in [1.82, 2.24) is 0 Å². The molecule has 0 bridgehead atoms. The first kappa shape index (κ1) is 17.3. The monoisotopic (exact) mass is 376 g/mol. The maximum absolute atomic E-state index is 14.2. The Labute approximate surface area is 141 Å². The average molecular weight is 376 g/mol. The summed E-state index contributed by atoms with van der Waals surface area (Å²) in [6.07, 6.45) is 0. The molecule has 0 saturated carbocycles. The summed E-state index contributed by atoms with van der Waals surface area (Å²) in [6.45, 7) is -0.239. The summed E-state index contributed by atoms with van der Waals surface area (Å²) in [4.78, 5) is 17.0. The lowest BCUT2D eigenvalue weighted by Crippen LogP contribution is -2.38.